The quantitative estimate of drug-likeness (QED) is 0.245. The number of fused-ring (bicyclic) bond motifs is 1. The molecule has 1 saturated heterocycles. The first kappa shape index (κ1) is 29.9. The molecular weight excluding hydrogens is 552 g/mol. The molecule has 1 aliphatic rings. The third-order valence-electron chi connectivity index (χ3n) is 6.91. The van der Waals surface area contributed by atoms with Crippen LogP contribution in [0.25, 0.3) is 10.2 Å². The van der Waals surface area contributed by atoms with Gasteiger partial charge in [0, 0.05) is 19.5 Å². The van der Waals surface area contributed by atoms with Crippen molar-refractivity contribution < 1.29 is 27.9 Å². The number of carbonyl (C=O) groups is 2. The van der Waals surface area contributed by atoms with Crippen LogP contribution in [0.1, 0.15) is 44.6 Å². The zero-order valence-electron chi connectivity index (χ0n) is 22.5. The molecule has 0 radical (unpaired) electrons. The van der Waals surface area contributed by atoms with Crippen molar-refractivity contribution in [2.75, 3.05) is 19.7 Å². The largest absolute Gasteiger partial charge is 0.447 e. The molecule has 0 unspecified atom stereocenters. The van der Waals surface area contributed by atoms with Crippen molar-refractivity contribution in [3.8, 4) is 0 Å². The number of aromatic nitrogens is 1. The van der Waals surface area contributed by atoms with E-state index in [-0.39, 0.29) is 43.0 Å². The van der Waals surface area contributed by atoms with Crippen LogP contribution in [0.15, 0.2) is 58.9 Å². The second-order valence-corrected chi connectivity index (χ2v) is 12.8. The lowest BCUT2D eigenvalue weighted by molar-refractivity contribution is -0.119. The van der Waals surface area contributed by atoms with E-state index in [0.29, 0.717) is 19.3 Å². The molecule has 2 amide bonds. The summed E-state index contributed by atoms with van der Waals surface area (Å²) in [7, 11) is -3.94. The second kappa shape index (κ2) is 14.0. The Kier molecular flexibility index (Phi) is 10.5. The molecule has 2 heterocycles. The minimum Gasteiger partial charge on any atom is -0.447 e. The van der Waals surface area contributed by atoms with Gasteiger partial charge in [0.05, 0.1) is 38.8 Å². The SMILES string of the molecule is CCCCCN(C[C@@H](O)[C@H](Cc1ccccc1)NC(=O)OC[C@@H]1CCC(=O)N1)S(=O)(=O)c1ccc2ncsc2c1. The molecule has 40 heavy (non-hydrogen) atoms. The number of hydrogen-bond donors (Lipinski definition) is 3. The van der Waals surface area contributed by atoms with Crippen LogP contribution in [-0.2, 0) is 26.0 Å². The fourth-order valence-corrected chi connectivity index (χ4v) is 6.97. The number of benzene rings is 2. The Morgan fingerprint density at radius 2 is 2.05 bits per heavy atom. The highest BCUT2D eigenvalue weighted by molar-refractivity contribution is 7.89. The lowest BCUT2D eigenvalue weighted by Gasteiger charge is -2.30. The van der Waals surface area contributed by atoms with Crippen molar-refractivity contribution in [3.05, 3.63) is 59.6 Å². The predicted molar refractivity (Wildman–Crippen MR) is 153 cm³/mol. The maximum absolute atomic E-state index is 13.8. The van der Waals surface area contributed by atoms with Gasteiger partial charge in [0.15, 0.2) is 0 Å². The number of sulfonamides is 1. The fourth-order valence-electron chi connectivity index (χ4n) is 4.65. The topological polar surface area (TPSA) is 138 Å². The van der Waals surface area contributed by atoms with E-state index in [0.717, 1.165) is 28.6 Å². The summed E-state index contributed by atoms with van der Waals surface area (Å²) in [6.45, 7) is 2.08. The number of aliphatic hydroxyl groups is 1. The summed E-state index contributed by atoms with van der Waals surface area (Å²) in [5.41, 5.74) is 3.26. The van der Waals surface area contributed by atoms with Gasteiger partial charge >= 0.3 is 6.09 Å². The minimum absolute atomic E-state index is 0.0172. The molecule has 1 fully saturated rings. The van der Waals surface area contributed by atoms with E-state index >= 15 is 0 Å². The van der Waals surface area contributed by atoms with E-state index in [9.17, 15) is 23.1 Å². The van der Waals surface area contributed by atoms with Gasteiger partial charge in [-0.1, -0.05) is 50.1 Å². The molecule has 3 atom stereocenters. The number of thiazole rings is 1. The van der Waals surface area contributed by atoms with Gasteiger partial charge in [0.2, 0.25) is 15.9 Å². The highest BCUT2D eigenvalue weighted by Crippen LogP contribution is 2.25. The smallest absolute Gasteiger partial charge is 0.407 e. The summed E-state index contributed by atoms with van der Waals surface area (Å²) in [4.78, 5) is 28.5. The molecule has 4 rings (SSSR count). The highest BCUT2D eigenvalue weighted by atomic mass is 32.2. The van der Waals surface area contributed by atoms with Crippen LogP contribution in [0, 0.1) is 0 Å². The van der Waals surface area contributed by atoms with Crippen LogP contribution in [0.2, 0.25) is 0 Å². The van der Waals surface area contributed by atoms with Crippen LogP contribution in [0.4, 0.5) is 4.79 Å². The Morgan fingerprint density at radius 3 is 2.77 bits per heavy atom. The first-order chi connectivity index (χ1) is 19.3. The van der Waals surface area contributed by atoms with Gasteiger partial charge in [0.25, 0.3) is 0 Å². The molecule has 3 N–H and O–H groups in total. The average Bonchev–Trinajstić information content (AvgIpc) is 3.59. The third kappa shape index (κ3) is 8.00. The standard InChI is InChI=1S/C28H36N4O6S2/c1-2-3-7-14-32(40(36,37)22-11-12-23-26(16-22)39-19-29-23)17-25(33)24(15-20-8-5-4-6-9-20)31-28(35)38-18-21-10-13-27(34)30-21/h4-6,8-9,11-12,16,19,21,24-25,33H,2-3,7,10,13-15,17-18H2,1H3,(H,30,34)(H,31,35)/t21-,24-,25+/m0/s1. The number of carbonyl (C=O) groups excluding carboxylic acids is 2. The molecule has 12 heteroatoms. The summed E-state index contributed by atoms with van der Waals surface area (Å²) in [6.07, 6.45) is 1.67. The maximum Gasteiger partial charge on any atom is 0.407 e. The van der Waals surface area contributed by atoms with E-state index in [1.807, 2.05) is 37.3 Å². The van der Waals surface area contributed by atoms with E-state index in [2.05, 4.69) is 15.6 Å². The molecule has 0 bridgehead atoms. The van der Waals surface area contributed by atoms with E-state index in [4.69, 9.17) is 4.74 Å². The van der Waals surface area contributed by atoms with Crippen molar-refractivity contribution in [1.82, 2.24) is 19.9 Å². The average molecular weight is 589 g/mol. The van der Waals surface area contributed by atoms with Gasteiger partial charge in [-0.05, 0) is 43.0 Å². The molecule has 0 aliphatic carbocycles. The van der Waals surface area contributed by atoms with Gasteiger partial charge in [-0.15, -0.1) is 11.3 Å². The molecule has 2 aromatic carbocycles. The number of rotatable bonds is 14. The van der Waals surface area contributed by atoms with Crippen LogP contribution < -0.4 is 10.6 Å². The fraction of sp³-hybridized carbons (Fsp3) is 0.464. The summed E-state index contributed by atoms with van der Waals surface area (Å²) in [5.74, 6) is -0.0785. The highest BCUT2D eigenvalue weighted by Gasteiger charge is 2.31. The number of unbranched alkanes of at least 4 members (excludes halogenated alkanes) is 2. The summed E-state index contributed by atoms with van der Waals surface area (Å²) >= 11 is 1.36. The van der Waals surface area contributed by atoms with Gasteiger partial charge < -0.3 is 20.5 Å². The van der Waals surface area contributed by atoms with E-state index in [1.54, 1.807) is 17.6 Å². The number of hydrogen-bond acceptors (Lipinski definition) is 8. The Morgan fingerprint density at radius 1 is 1.25 bits per heavy atom. The zero-order valence-corrected chi connectivity index (χ0v) is 24.1. The minimum atomic E-state index is -3.94. The van der Waals surface area contributed by atoms with Crippen molar-refractivity contribution in [3.63, 3.8) is 0 Å². The number of aliphatic hydroxyl groups excluding tert-OH is 1. The summed E-state index contributed by atoms with van der Waals surface area (Å²) in [5, 5.41) is 16.8. The van der Waals surface area contributed by atoms with Crippen molar-refractivity contribution in [2.45, 2.75) is 68.5 Å². The normalized spacial score (nSPS) is 17.1. The number of nitrogens with one attached hydrogen (secondary N) is 2. The van der Waals surface area contributed by atoms with Crippen molar-refractivity contribution in [1.29, 1.82) is 0 Å². The number of nitrogens with zero attached hydrogens (tertiary/aromatic N) is 2. The van der Waals surface area contributed by atoms with Crippen molar-refractivity contribution >= 4 is 43.6 Å². The lowest BCUT2D eigenvalue weighted by atomic mass is 10.0. The van der Waals surface area contributed by atoms with Gasteiger partial charge in [-0.2, -0.15) is 4.31 Å². The van der Waals surface area contributed by atoms with Crippen LogP contribution in [0.3, 0.4) is 0 Å². The number of ether oxygens (including phenoxy) is 1. The molecule has 3 aromatic rings. The van der Waals surface area contributed by atoms with Gasteiger partial charge in [0.1, 0.15) is 6.61 Å². The lowest BCUT2D eigenvalue weighted by Crippen LogP contribution is -2.51. The first-order valence-electron chi connectivity index (χ1n) is 13.5. The number of amides is 2. The monoisotopic (exact) mass is 588 g/mol. The summed E-state index contributed by atoms with van der Waals surface area (Å²) in [6, 6.07) is 13.1. The number of alkyl carbamates (subject to hydrolysis) is 1. The van der Waals surface area contributed by atoms with Crippen LogP contribution >= 0.6 is 11.3 Å². The maximum atomic E-state index is 13.8. The molecule has 0 spiro atoms. The molecule has 1 aromatic heterocycles. The Bertz CT molecular complexity index is 1380. The van der Waals surface area contributed by atoms with Gasteiger partial charge in [-0.3, -0.25) is 4.79 Å². The molecular formula is C28H36N4O6S2. The predicted octanol–water partition coefficient (Wildman–Crippen LogP) is 3.45. The molecule has 1 aliphatic heterocycles. The Hall–Kier alpha value is -3.06. The third-order valence-corrected chi connectivity index (χ3v) is 9.56. The molecule has 0 saturated carbocycles. The van der Waals surface area contributed by atoms with Crippen molar-refractivity contribution in [2.24, 2.45) is 0 Å². The van der Waals surface area contributed by atoms with Crippen LogP contribution in [0.5, 0.6) is 0 Å². The first-order valence-corrected chi connectivity index (χ1v) is 15.9. The molecule has 216 valence electrons. The van der Waals surface area contributed by atoms with Gasteiger partial charge in [-0.25, -0.2) is 18.2 Å². The van der Waals surface area contributed by atoms with Crippen LogP contribution in [-0.4, -0.2) is 72.7 Å². The second-order valence-electron chi connectivity index (χ2n) is 9.96. The summed E-state index contributed by atoms with van der Waals surface area (Å²) < 4.78 is 34.9. The Balaban J connectivity index is 1.51. The van der Waals surface area contributed by atoms with E-state index in [1.165, 1.54) is 21.7 Å². The Labute approximate surface area is 238 Å². The zero-order chi connectivity index (χ0) is 28.5. The van der Waals surface area contributed by atoms with E-state index < -0.39 is 28.3 Å². The molecule has 10 nitrogen and oxygen atoms in total.